The lowest BCUT2D eigenvalue weighted by Crippen LogP contribution is -2.25. The van der Waals surface area contributed by atoms with E-state index in [9.17, 15) is 4.79 Å². The van der Waals surface area contributed by atoms with E-state index in [1.54, 1.807) is 6.07 Å². The topological polar surface area (TPSA) is 52.3 Å². The fraction of sp³-hybridized carbons (Fsp3) is 0.417. The van der Waals surface area contributed by atoms with Crippen LogP contribution < -0.4 is 10.5 Å². The van der Waals surface area contributed by atoms with E-state index in [1.807, 2.05) is 26.0 Å². The number of rotatable bonds is 2. The fourth-order valence-corrected chi connectivity index (χ4v) is 2.16. The lowest BCUT2D eigenvalue weighted by Gasteiger charge is -2.18. The molecule has 86 valence electrons. The van der Waals surface area contributed by atoms with Crippen molar-refractivity contribution in [3.63, 3.8) is 0 Å². The molecule has 1 aliphatic rings. The number of fused-ring (bicyclic) bond motifs is 1. The molecule has 1 unspecified atom stereocenters. The summed E-state index contributed by atoms with van der Waals surface area (Å²) >= 11 is 5.96. The number of carbonyl (C=O) groups excluding carboxylic acids is 1. The summed E-state index contributed by atoms with van der Waals surface area (Å²) in [6.07, 6.45) is 0.818. The average Bonchev–Trinajstić information content (AvgIpc) is 2.49. The molecule has 0 saturated carbocycles. The van der Waals surface area contributed by atoms with Gasteiger partial charge in [-0.2, -0.15) is 0 Å². The number of hydrogen-bond acceptors (Lipinski definition) is 2. The zero-order chi connectivity index (χ0) is 11.9. The first-order valence-electron chi connectivity index (χ1n) is 5.15. The second-order valence-corrected chi connectivity index (χ2v) is 5.08. The second kappa shape index (κ2) is 3.67. The molecule has 2 rings (SSSR count). The molecule has 0 aliphatic carbocycles. The highest BCUT2D eigenvalue weighted by molar-refractivity contribution is 6.30. The normalized spacial score (nSPS) is 18.7. The Kier molecular flexibility index (Phi) is 2.58. The molecule has 1 aromatic carbocycles. The number of alkyl halides is 1. The van der Waals surface area contributed by atoms with Crippen molar-refractivity contribution in [2.24, 2.45) is 5.73 Å². The van der Waals surface area contributed by atoms with Gasteiger partial charge in [0.05, 0.1) is 0 Å². The first-order valence-corrected chi connectivity index (χ1v) is 5.58. The van der Waals surface area contributed by atoms with Crippen molar-refractivity contribution in [3.05, 3.63) is 29.3 Å². The van der Waals surface area contributed by atoms with E-state index in [-0.39, 0.29) is 5.60 Å². The second-order valence-electron chi connectivity index (χ2n) is 4.64. The number of benzene rings is 1. The van der Waals surface area contributed by atoms with E-state index in [0.29, 0.717) is 11.3 Å². The molecule has 1 atom stereocenters. The van der Waals surface area contributed by atoms with Gasteiger partial charge in [0.25, 0.3) is 0 Å². The predicted octanol–water partition coefficient (Wildman–Crippen LogP) is 2.17. The van der Waals surface area contributed by atoms with Gasteiger partial charge < -0.3 is 10.5 Å². The van der Waals surface area contributed by atoms with Crippen molar-refractivity contribution in [2.75, 3.05) is 0 Å². The molecule has 2 N–H and O–H groups in total. The SMILES string of the molecule is CC1(C)Cc2cccc(C(Cl)C(N)=O)c2O1. The van der Waals surface area contributed by atoms with Gasteiger partial charge in [0, 0.05) is 12.0 Å². The third-order valence-electron chi connectivity index (χ3n) is 2.64. The van der Waals surface area contributed by atoms with Gasteiger partial charge in [-0.25, -0.2) is 0 Å². The summed E-state index contributed by atoms with van der Waals surface area (Å²) in [4.78, 5) is 11.1. The van der Waals surface area contributed by atoms with E-state index in [0.717, 1.165) is 12.0 Å². The number of carbonyl (C=O) groups is 1. The Bertz CT molecular complexity index is 443. The summed E-state index contributed by atoms with van der Waals surface area (Å²) in [7, 11) is 0. The molecule has 1 aromatic rings. The van der Waals surface area contributed by atoms with Crippen LogP contribution in [0.5, 0.6) is 5.75 Å². The maximum atomic E-state index is 11.1. The molecule has 0 fully saturated rings. The minimum atomic E-state index is -0.830. The van der Waals surface area contributed by atoms with Crippen molar-refractivity contribution in [1.29, 1.82) is 0 Å². The van der Waals surface area contributed by atoms with Crippen LogP contribution >= 0.6 is 11.6 Å². The molecule has 4 heteroatoms. The largest absolute Gasteiger partial charge is 0.487 e. The van der Waals surface area contributed by atoms with Gasteiger partial charge in [0.15, 0.2) is 0 Å². The minimum Gasteiger partial charge on any atom is -0.487 e. The van der Waals surface area contributed by atoms with Crippen molar-refractivity contribution in [3.8, 4) is 5.75 Å². The smallest absolute Gasteiger partial charge is 0.240 e. The molecule has 0 radical (unpaired) electrons. The zero-order valence-corrected chi connectivity index (χ0v) is 10.0. The molecule has 16 heavy (non-hydrogen) atoms. The molecule has 1 heterocycles. The highest BCUT2D eigenvalue weighted by atomic mass is 35.5. The Balaban J connectivity index is 2.45. The summed E-state index contributed by atoms with van der Waals surface area (Å²) in [5, 5.41) is -0.830. The van der Waals surface area contributed by atoms with Gasteiger partial charge >= 0.3 is 0 Å². The van der Waals surface area contributed by atoms with Gasteiger partial charge in [-0.05, 0) is 19.4 Å². The Morgan fingerprint density at radius 2 is 2.25 bits per heavy atom. The maximum Gasteiger partial charge on any atom is 0.240 e. The third-order valence-corrected chi connectivity index (χ3v) is 3.09. The Morgan fingerprint density at radius 3 is 2.88 bits per heavy atom. The van der Waals surface area contributed by atoms with Crippen LogP contribution in [0.1, 0.15) is 30.4 Å². The maximum absolute atomic E-state index is 11.1. The van der Waals surface area contributed by atoms with Gasteiger partial charge in [0.1, 0.15) is 16.7 Å². The molecular formula is C12H14ClNO2. The van der Waals surface area contributed by atoms with Crippen LogP contribution in [-0.4, -0.2) is 11.5 Å². The molecule has 0 spiro atoms. The number of primary amides is 1. The van der Waals surface area contributed by atoms with Crippen LogP contribution in [0, 0.1) is 0 Å². The first-order chi connectivity index (χ1) is 7.41. The lowest BCUT2D eigenvalue weighted by molar-refractivity contribution is -0.117. The molecular weight excluding hydrogens is 226 g/mol. The monoisotopic (exact) mass is 239 g/mol. The van der Waals surface area contributed by atoms with Gasteiger partial charge in [-0.1, -0.05) is 18.2 Å². The van der Waals surface area contributed by atoms with Crippen molar-refractivity contribution >= 4 is 17.5 Å². The van der Waals surface area contributed by atoms with Crippen LogP contribution in [0.3, 0.4) is 0 Å². The molecule has 1 aliphatic heterocycles. The Morgan fingerprint density at radius 1 is 1.56 bits per heavy atom. The molecule has 0 aromatic heterocycles. The van der Waals surface area contributed by atoms with Crippen LogP contribution in [0.2, 0.25) is 0 Å². The molecule has 3 nitrogen and oxygen atoms in total. The van der Waals surface area contributed by atoms with E-state index >= 15 is 0 Å². The fourth-order valence-electron chi connectivity index (χ4n) is 1.99. The zero-order valence-electron chi connectivity index (χ0n) is 9.29. The summed E-state index contributed by atoms with van der Waals surface area (Å²) in [6, 6.07) is 5.64. The lowest BCUT2D eigenvalue weighted by atomic mass is 9.99. The van der Waals surface area contributed by atoms with E-state index < -0.39 is 11.3 Å². The van der Waals surface area contributed by atoms with Crippen molar-refractivity contribution in [2.45, 2.75) is 31.2 Å². The van der Waals surface area contributed by atoms with Crippen LogP contribution in [-0.2, 0) is 11.2 Å². The number of halogens is 1. The highest BCUT2D eigenvalue weighted by Gasteiger charge is 2.33. The Hall–Kier alpha value is -1.22. The predicted molar refractivity (Wildman–Crippen MR) is 62.6 cm³/mol. The summed E-state index contributed by atoms with van der Waals surface area (Å²) in [6.45, 7) is 4.01. The van der Waals surface area contributed by atoms with E-state index in [4.69, 9.17) is 22.1 Å². The van der Waals surface area contributed by atoms with Crippen LogP contribution in [0.25, 0.3) is 0 Å². The van der Waals surface area contributed by atoms with Crippen molar-refractivity contribution < 1.29 is 9.53 Å². The van der Waals surface area contributed by atoms with E-state index in [1.165, 1.54) is 0 Å². The number of ether oxygens (including phenoxy) is 1. The van der Waals surface area contributed by atoms with Crippen LogP contribution in [0.15, 0.2) is 18.2 Å². The molecule has 1 amide bonds. The summed E-state index contributed by atoms with van der Waals surface area (Å²) in [5.41, 5.74) is 6.70. The minimum absolute atomic E-state index is 0.243. The quantitative estimate of drug-likeness (QED) is 0.805. The highest BCUT2D eigenvalue weighted by Crippen LogP contribution is 2.41. The standard InChI is InChI=1S/C12H14ClNO2/c1-12(2)6-7-4-3-5-8(10(7)16-12)9(13)11(14)15/h3-5,9H,6H2,1-2H3,(H2,14,15). The average molecular weight is 240 g/mol. The van der Waals surface area contributed by atoms with Gasteiger partial charge in [-0.15, -0.1) is 11.6 Å². The van der Waals surface area contributed by atoms with Gasteiger partial charge in [0.2, 0.25) is 5.91 Å². The summed E-state index contributed by atoms with van der Waals surface area (Å²) in [5.74, 6) is 0.162. The number of hydrogen-bond donors (Lipinski definition) is 1. The summed E-state index contributed by atoms with van der Waals surface area (Å²) < 4.78 is 5.80. The van der Waals surface area contributed by atoms with Gasteiger partial charge in [-0.3, -0.25) is 4.79 Å². The number of para-hydroxylation sites is 1. The van der Waals surface area contributed by atoms with E-state index in [2.05, 4.69) is 0 Å². The number of nitrogens with two attached hydrogens (primary N) is 1. The molecule has 0 bridgehead atoms. The van der Waals surface area contributed by atoms with Crippen molar-refractivity contribution in [1.82, 2.24) is 0 Å². The van der Waals surface area contributed by atoms with Crippen LogP contribution in [0.4, 0.5) is 0 Å². The third kappa shape index (κ3) is 1.87. The Labute approximate surface area is 99.5 Å². The molecule has 0 saturated heterocycles. The first kappa shape index (κ1) is 11.3. The number of amides is 1.